The Bertz CT molecular complexity index is 434. The van der Waals surface area contributed by atoms with Gasteiger partial charge in [-0.3, -0.25) is 0 Å². The number of halogens is 1. The summed E-state index contributed by atoms with van der Waals surface area (Å²) in [6.07, 6.45) is 1.40. The molecule has 2 atom stereocenters. The van der Waals surface area contributed by atoms with Crippen molar-refractivity contribution in [1.29, 1.82) is 5.26 Å². The van der Waals surface area contributed by atoms with Gasteiger partial charge < -0.3 is 5.11 Å². The average molecular weight is 235 g/mol. The third-order valence-electron chi connectivity index (χ3n) is 3.17. The molecule has 0 aliphatic heterocycles. The number of hydrogen-bond acceptors (Lipinski definition) is 2. The van der Waals surface area contributed by atoms with E-state index in [1.807, 2.05) is 6.92 Å². The Hall–Kier alpha value is -1.40. The van der Waals surface area contributed by atoms with Crippen LogP contribution in [0.4, 0.5) is 4.39 Å². The molecule has 2 nitrogen and oxygen atoms in total. The lowest BCUT2D eigenvalue weighted by atomic mass is 9.81. The van der Waals surface area contributed by atoms with Crippen molar-refractivity contribution in [3.05, 3.63) is 35.1 Å². The van der Waals surface area contributed by atoms with E-state index in [9.17, 15) is 9.50 Å². The fourth-order valence-electron chi connectivity index (χ4n) is 1.87. The van der Waals surface area contributed by atoms with Crippen molar-refractivity contribution in [2.24, 2.45) is 5.92 Å². The minimum Gasteiger partial charge on any atom is -0.384 e. The second-order valence-electron chi connectivity index (χ2n) is 4.58. The molecule has 0 radical (unpaired) electrons. The first-order valence-corrected chi connectivity index (χ1v) is 5.82. The van der Waals surface area contributed by atoms with E-state index in [2.05, 4.69) is 6.07 Å². The number of nitrogens with zero attached hydrogens (tertiary/aromatic N) is 1. The summed E-state index contributed by atoms with van der Waals surface area (Å²) in [5.41, 5.74) is -0.312. The number of aryl methyl sites for hydroxylation is 1. The molecule has 0 heterocycles. The molecule has 3 heteroatoms. The van der Waals surface area contributed by atoms with Gasteiger partial charge in [0, 0.05) is 0 Å². The standard InChI is InChI=1S/C14H18FNO/c1-4-5-12(9-16)14(3,17)11-7-6-10(2)13(15)8-11/h6-8,12,17H,4-5H2,1-3H3. The summed E-state index contributed by atoms with van der Waals surface area (Å²) in [4.78, 5) is 0. The third kappa shape index (κ3) is 2.83. The number of aliphatic hydroxyl groups is 1. The maximum Gasteiger partial charge on any atom is 0.126 e. The molecule has 0 fully saturated rings. The molecular formula is C14H18FNO. The molecule has 1 N–H and O–H groups in total. The van der Waals surface area contributed by atoms with Crippen LogP contribution in [0.3, 0.4) is 0 Å². The molecule has 0 saturated carbocycles. The molecule has 0 saturated heterocycles. The van der Waals surface area contributed by atoms with Crippen LogP contribution in [0.5, 0.6) is 0 Å². The van der Waals surface area contributed by atoms with Crippen LogP contribution in [-0.4, -0.2) is 5.11 Å². The lowest BCUT2D eigenvalue weighted by molar-refractivity contribution is 0.0128. The molecule has 17 heavy (non-hydrogen) atoms. The van der Waals surface area contributed by atoms with Crippen molar-refractivity contribution in [3.63, 3.8) is 0 Å². The van der Waals surface area contributed by atoms with Gasteiger partial charge in [-0.15, -0.1) is 0 Å². The van der Waals surface area contributed by atoms with Crippen LogP contribution in [0.15, 0.2) is 18.2 Å². The highest BCUT2D eigenvalue weighted by Crippen LogP contribution is 2.32. The second-order valence-corrected chi connectivity index (χ2v) is 4.58. The highest BCUT2D eigenvalue weighted by molar-refractivity contribution is 5.29. The van der Waals surface area contributed by atoms with Gasteiger partial charge in [0.05, 0.1) is 12.0 Å². The molecule has 2 unspecified atom stereocenters. The number of benzene rings is 1. The largest absolute Gasteiger partial charge is 0.384 e. The van der Waals surface area contributed by atoms with E-state index in [1.54, 1.807) is 26.0 Å². The van der Waals surface area contributed by atoms with Crippen molar-refractivity contribution >= 4 is 0 Å². The molecule has 0 bridgehead atoms. The maximum absolute atomic E-state index is 13.5. The van der Waals surface area contributed by atoms with E-state index < -0.39 is 11.5 Å². The van der Waals surface area contributed by atoms with Gasteiger partial charge in [0.1, 0.15) is 11.4 Å². The zero-order valence-corrected chi connectivity index (χ0v) is 10.5. The zero-order valence-electron chi connectivity index (χ0n) is 10.5. The number of rotatable bonds is 4. The van der Waals surface area contributed by atoms with E-state index in [0.717, 1.165) is 6.42 Å². The van der Waals surface area contributed by atoms with E-state index in [0.29, 0.717) is 17.5 Å². The minimum atomic E-state index is -1.31. The fraction of sp³-hybridized carbons (Fsp3) is 0.500. The predicted octanol–water partition coefficient (Wildman–Crippen LogP) is 3.28. The first kappa shape index (κ1) is 13.7. The zero-order chi connectivity index (χ0) is 13.1. The van der Waals surface area contributed by atoms with Gasteiger partial charge in [-0.05, 0) is 37.5 Å². The quantitative estimate of drug-likeness (QED) is 0.870. The summed E-state index contributed by atoms with van der Waals surface area (Å²) in [6.45, 7) is 5.19. The van der Waals surface area contributed by atoms with Gasteiger partial charge in [-0.25, -0.2) is 4.39 Å². The fourth-order valence-corrected chi connectivity index (χ4v) is 1.87. The average Bonchev–Trinajstić information content (AvgIpc) is 2.29. The molecule has 0 amide bonds. The van der Waals surface area contributed by atoms with Crippen LogP contribution >= 0.6 is 0 Å². The van der Waals surface area contributed by atoms with Crippen molar-refractivity contribution in [2.75, 3.05) is 0 Å². The highest BCUT2D eigenvalue weighted by atomic mass is 19.1. The smallest absolute Gasteiger partial charge is 0.126 e. The Balaban J connectivity index is 3.11. The third-order valence-corrected chi connectivity index (χ3v) is 3.17. The Morgan fingerprint density at radius 3 is 2.65 bits per heavy atom. The topological polar surface area (TPSA) is 44.0 Å². The molecule has 0 aliphatic rings. The van der Waals surface area contributed by atoms with Gasteiger partial charge in [-0.1, -0.05) is 25.5 Å². The Kier molecular flexibility index (Phi) is 4.25. The second kappa shape index (κ2) is 5.29. The number of hydrogen-bond donors (Lipinski definition) is 1. The SMILES string of the molecule is CCCC(C#N)C(C)(O)c1ccc(C)c(F)c1. The van der Waals surface area contributed by atoms with E-state index >= 15 is 0 Å². The predicted molar refractivity (Wildman–Crippen MR) is 64.7 cm³/mol. The summed E-state index contributed by atoms with van der Waals surface area (Å²) < 4.78 is 13.5. The molecule has 0 spiro atoms. The van der Waals surface area contributed by atoms with Crippen LogP contribution in [0.2, 0.25) is 0 Å². The Morgan fingerprint density at radius 2 is 2.18 bits per heavy atom. The van der Waals surface area contributed by atoms with E-state index in [4.69, 9.17) is 5.26 Å². The van der Waals surface area contributed by atoms with Crippen LogP contribution < -0.4 is 0 Å². The first-order valence-electron chi connectivity index (χ1n) is 5.82. The summed E-state index contributed by atoms with van der Waals surface area (Å²) in [5.74, 6) is -0.870. The molecule has 92 valence electrons. The molecule has 1 rings (SSSR count). The van der Waals surface area contributed by atoms with E-state index in [-0.39, 0.29) is 5.82 Å². The molecule has 1 aromatic carbocycles. The lowest BCUT2D eigenvalue weighted by Crippen LogP contribution is -2.31. The van der Waals surface area contributed by atoms with Gasteiger partial charge in [-0.2, -0.15) is 5.26 Å². The normalized spacial score (nSPS) is 16.0. The molecule has 0 aromatic heterocycles. The molecule has 0 aliphatic carbocycles. The molecular weight excluding hydrogens is 217 g/mol. The van der Waals surface area contributed by atoms with E-state index in [1.165, 1.54) is 6.07 Å². The van der Waals surface area contributed by atoms with Crippen molar-refractivity contribution in [1.82, 2.24) is 0 Å². The van der Waals surface area contributed by atoms with Gasteiger partial charge >= 0.3 is 0 Å². The Labute approximate surface area is 102 Å². The summed E-state index contributed by atoms with van der Waals surface area (Å²) in [6, 6.07) is 6.72. The van der Waals surface area contributed by atoms with Gasteiger partial charge in [0.15, 0.2) is 0 Å². The van der Waals surface area contributed by atoms with Gasteiger partial charge in [0.25, 0.3) is 0 Å². The maximum atomic E-state index is 13.5. The first-order chi connectivity index (χ1) is 7.93. The minimum absolute atomic E-state index is 0.351. The van der Waals surface area contributed by atoms with Crippen molar-refractivity contribution in [2.45, 2.75) is 39.2 Å². The van der Waals surface area contributed by atoms with Crippen molar-refractivity contribution in [3.8, 4) is 6.07 Å². The van der Waals surface area contributed by atoms with Crippen LogP contribution in [0, 0.1) is 30.0 Å². The monoisotopic (exact) mass is 235 g/mol. The Morgan fingerprint density at radius 1 is 1.53 bits per heavy atom. The lowest BCUT2D eigenvalue weighted by Gasteiger charge is -2.28. The molecule has 1 aromatic rings. The summed E-state index contributed by atoms with van der Waals surface area (Å²) >= 11 is 0. The van der Waals surface area contributed by atoms with Crippen LogP contribution in [-0.2, 0) is 5.60 Å². The summed E-state index contributed by atoms with van der Waals surface area (Å²) in [5, 5.41) is 19.5. The van der Waals surface area contributed by atoms with Crippen LogP contribution in [0.1, 0.15) is 37.8 Å². The summed E-state index contributed by atoms with van der Waals surface area (Å²) in [7, 11) is 0. The van der Waals surface area contributed by atoms with Gasteiger partial charge in [0.2, 0.25) is 0 Å². The highest BCUT2D eigenvalue weighted by Gasteiger charge is 2.33. The number of nitriles is 1. The van der Waals surface area contributed by atoms with Crippen LogP contribution in [0.25, 0.3) is 0 Å². The van der Waals surface area contributed by atoms with Crippen molar-refractivity contribution < 1.29 is 9.50 Å².